The van der Waals surface area contributed by atoms with Gasteiger partial charge in [-0.05, 0) is 56.8 Å². The number of likely N-dealkylation sites (N-methyl/N-ethyl adjacent to an activating group) is 1. The van der Waals surface area contributed by atoms with E-state index in [1.165, 1.54) is 12.1 Å². The third kappa shape index (κ3) is 3.72. The summed E-state index contributed by atoms with van der Waals surface area (Å²) < 4.78 is 19.8. The zero-order valence-corrected chi connectivity index (χ0v) is 19.1. The van der Waals surface area contributed by atoms with Crippen LogP contribution >= 0.6 is 0 Å². The number of aliphatic hydroxyl groups is 1. The molecule has 1 fully saturated rings. The average molecular weight is 443 g/mol. The van der Waals surface area contributed by atoms with Gasteiger partial charge in [0.2, 0.25) is 0 Å². The van der Waals surface area contributed by atoms with Gasteiger partial charge in [0.15, 0.2) is 5.72 Å². The Morgan fingerprint density at radius 3 is 2.72 bits per heavy atom. The van der Waals surface area contributed by atoms with Crippen LogP contribution in [0.15, 0.2) is 18.2 Å². The van der Waals surface area contributed by atoms with Crippen molar-refractivity contribution in [2.24, 2.45) is 0 Å². The number of H-pyrrole nitrogens is 1. The summed E-state index contributed by atoms with van der Waals surface area (Å²) in [5, 5.41) is 13.0. The molecule has 172 valence electrons. The van der Waals surface area contributed by atoms with E-state index < -0.39 is 5.72 Å². The summed E-state index contributed by atoms with van der Waals surface area (Å²) in [6.07, 6.45) is 1.91. The van der Waals surface area contributed by atoms with Crippen LogP contribution in [0.4, 0.5) is 10.1 Å². The number of aromatic nitrogens is 1. The van der Waals surface area contributed by atoms with Crippen molar-refractivity contribution in [2.75, 3.05) is 44.4 Å². The van der Waals surface area contributed by atoms with Crippen molar-refractivity contribution in [3.05, 3.63) is 52.1 Å². The summed E-state index contributed by atoms with van der Waals surface area (Å²) in [5.41, 5.74) is 4.40. The topological polar surface area (TPSA) is 84.1 Å². The second-order valence-electron chi connectivity index (χ2n) is 8.31. The largest absolute Gasteiger partial charge is 0.376 e. The normalized spacial score (nSPS) is 20.5. The fourth-order valence-corrected chi connectivity index (χ4v) is 4.63. The molecule has 4 rings (SSSR count). The number of rotatable bonds is 8. The molecule has 2 aliphatic heterocycles. The number of halogens is 1. The Kier molecular flexibility index (Phi) is 6.11. The van der Waals surface area contributed by atoms with E-state index in [1.54, 1.807) is 11.0 Å². The molecule has 32 heavy (non-hydrogen) atoms. The van der Waals surface area contributed by atoms with E-state index in [1.807, 2.05) is 19.9 Å². The Balaban J connectivity index is 1.63. The van der Waals surface area contributed by atoms with Crippen LogP contribution in [0.3, 0.4) is 0 Å². The number of carbonyl (C=O) groups excluding carboxylic acids is 1. The van der Waals surface area contributed by atoms with E-state index in [0.717, 1.165) is 47.8 Å². The summed E-state index contributed by atoms with van der Waals surface area (Å²) in [7, 11) is 0. The van der Waals surface area contributed by atoms with Gasteiger partial charge in [-0.15, -0.1) is 0 Å². The molecule has 1 atom stereocenters. The molecule has 1 amide bonds. The monoisotopic (exact) mass is 442 g/mol. The number of aryl methyl sites for hydroxylation is 1. The molecule has 0 radical (unpaired) electrons. The summed E-state index contributed by atoms with van der Waals surface area (Å²) in [6, 6.07) is 4.50. The standard InChI is InChI=1S/C24H31FN4O3/c1-5-28(6-2)10-9-26-23(31)22-15(3)20(27-16(22)4)12-19-18-11-17(25)7-8-21(18)29(14-30)24(19)13-32-24/h7-8,11-12,27,30H,5-6,9-10,13-14H2,1-4H3,(H,26,31)/b19-12-. The van der Waals surface area contributed by atoms with Gasteiger partial charge in [0, 0.05) is 41.3 Å². The zero-order chi connectivity index (χ0) is 23.0. The van der Waals surface area contributed by atoms with Crippen LogP contribution in [-0.2, 0) is 4.74 Å². The molecule has 8 heteroatoms. The number of ether oxygens (including phenoxy) is 1. The molecule has 2 aliphatic rings. The van der Waals surface area contributed by atoms with E-state index in [2.05, 4.69) is 29.0 Å². The minimum atomic E-state index is -0.789. The molecule has 1 aromatic heterocycles. The van der Waals surface area contributed by atoms with Crippen LogP contribution < -0.4 is 10.2 Å². The first kappa shape index (κ1) is 22.5. The Morgan fingerprint density at radius 2 is 2.09 bits per heavy atom. The van der Waals surface area contributed by atoms with Gasteiger partial charge >= 0.3 is 0 Å². The maximum atomic E-state index is 14.0. The van der Waals surface area contributed by atoms with Crippen LogP contribution in [0.1, 0.15) is 46.7 Å². The Labute approximate surface area is 187 Å². The summed E-state index contributed by atoms with van der Waals surface area (Å²) in [6.45, 7) is 11.4. The molecule has 0 bridgehead atoms. The quantitative estimate of drug-likeness (QED) is 0.548. The predicted octanol–water partition coefficient (Wildman–Crippen LogP) is 2.88. The Hall–Kier alpha value is -2.68. The number of anilines is 1. The highest BCUT2D eigenvalue weighted by atomic mass is 19.1. The number of fused-ring (bicyclic) bond motifs is 1. The van der Waals surface area contributed by atoms with Crippen molar-refractivity contribution < 1.29 is 19.0 Å². The van der Waals surface area contributed by atoms with Crippen molar-refractivity contribution in [1.29, 1.82) is 0 Å². The maximum Gasteiger partial charge on any atom is 0.253 e. The minimum absolute atomic E-state index is 0.111. The van der Waals surface area contributed by atoms with Crippen molar-refractivity contribution in [3.8, 4) is 0 Å². The van der Waals surface area contributed by atoms with E-state index >= 15 is 0 Å². The number of amides is 1. The fourth-order valence-electron chi connectivity index (χ4n) is 4.63. The smallest absolute Gasteiger partial charge is 0.253 e. The molecule has 3 heterocycles. The molecule has 1 aromatic carbocycles. The lowest BCUT2D eigenvalue weighted by molar-refractivity contribution is 0.0948. The predicted molar refractivity (Wildman–Crippen MR) is 123 cm³/mol. The van der Waals surface area contributed by atoms with Gasteiger partial charge in [0.25, 0.3) is 5.91 Å². The fraction of sp³-hybridized carbons (Fsp3) is 0.458. The highest BCUT2D eigenvalue weighted by molar-refractivity contribution is 6.01. The third-order valence-corrected chi connectivity index (χ3v) is 6.56. The van der Waals surface area contributed by atoms with Gasteiger partial charge < -0.3 is 29.9 Å². The number of benzene rings is 1. The second kappa shape index (κ2) is 8.69. The van der Waals surface area contributed by atoms with Gasteiger partial charge in [0.05, 0.1) is 5.56 Å². The van der Waals surface area contributed by atoms with Gasteiger partial charge in [-0.1, -0.05) is 13.8 Å². The zero-order valence-electron chi connectivity index (χ0n) is 19.1. The number of aliphatic hydroxyl groups excluding tert-OH is 1. The summed E-state index contributed by atoms with van der Waals surface area (Å²) >= 11 is 0. The highest BCUT2D eigenvalue weighted by Crippen LogP contribution is 2.55. The first-order valence-electron chi connectivity index (χ1n) is 11.1. The molecule has 2 aromatic rings. The van der Waals surface area contributed by atoms with Crippen LogP contribution in [0.25, 0.3) is 11.6 Å². The lowest BCUT2D eigenvalue weighted by Gasteiger charge is -2.21. The summed E-state index contributed by atoms with van der Waals surface area (Å²) in [5.74, 6) is -0.460. The molecule has 1 saturated heterocycles. The van der Waals surface area contributed by atoms with E-state index in [9.17, 15) is 14.3 Å². The molecule has 0 saturated carbocycles. The third-order valence-electron chi connectivity index (χ3n) is 6.56. The van der Waals surface area contributed by atoms with E-state index in [-0.39, 0.29) is 18.5 Å². The summed E-state index contributed by atoms with van der Waals surface area (Å²) in [4.78, 5) is 20.2. The molecule has 3 N–H and O–H groups in total. The molecular weight excluding hydrogens is 411 g/mol. The van der Waals surface area contributed by atoms with Crippen LogP contribution in [0, 0.1) is 19.7 Å². The van der Waals surface area contributed by atoms with E-state index in [4.69, 9.17) is 4.74 Å². The molecular formula is C24H31FN4O3. The van der Waals surface area contributed by atoms with Crippen molar-refractivity contribution in [2.45, 2.75) is 33.4 Å². The van der Waals surface area contributed by atoms with Crippen LogP contribution in [0.5, 0.6) is 0 Å². The van der Waals surface area contributed by atoms with Gasteiger partial charge in [-0.2, -0.15) is 0 Å². The molecule has 1 unspecified atom stereocenters. The van der Waals surface area contributed by atoms with Gasteiger partial charge in [-0.3, -0.25) is 4.79 Å². The number of hydrogen-bond donors (Lipinski definition) is 3. The number of carbonyl (C=O) groups is 1. The SMILES string of the molecule is CCN(CC)CCNC(=O)c1c(C)[nH]c(/C=C2/c3cc(F)ccc3N(CO)C23CO3)c1C. The van der Waals surface area contributed by atoms with Gasteiger partial charge in [-0.25, -0.2) is 4.39 Å². The second-order valence-corrected chi connectivity index (χ2v) is 8.31. The maximum absolute atomic E-state index is 14.0. The van der Waals surface area contributed by atoms with Crippen molar-refractivity contribution in [3.63, 3.8) is 0 Å². The van der Waals surface area contributed by atoms with Crippen molar-refractivity contribution >= 4 is 23.2 Å². The Bertz CT molecular complexity index is 1050. The first-order chi connectivity index (χ1) is 15.4. The number of nitrogens with one attached hydrogen (secondary N) is 2. The van der Waals surface area contributed by atoms with Crippen molar-refractivity contribution in [1.82, 2.24) is 15.2 Å². The van der Waals surface area contributed by atoms with Crippen LogP contribution in [-0.4, -0.2) is 66.1 Å². The minimum Gasteiger partial charge on any atom is -0.376 e. The lowest BCUT2D eigenvalue weighted by atomic mass is 9.99. The first-order valence-corrected chi connectivity index (χ1v) is 11.1. The Morgan fingerprint density at radius 1 is 1.38 bits per heavy atom. The number of aromatic amines is 1. The molecule has 0 aliphatic carbocycles. The number of hydrogen-bond acceptors (Lipinski definition) is 5. The van der Waals surface area contributed by atoms with E-state index in [0.29, 0.717) is 24.3 Å². The number of epoxide rings is 1. The van der Waals surface area contributed by atoms with Crippen LogP contribution in [0.2, 0.25) is 0 Å². The molecule has 7 nitrogen and oxygen atoms in total. The van der Waals surface area contributed by atoms with Gasteiger partial charge in [0.1, 0.15) is 19.2 Å². The lowest BCUT2D eigenvalue weighted by Crippen LogP contribution is -2.35. The molecule has 1 spiro atoms. The highest BCUT2D eigenvalue weighted by Gasteiger charge is 2.59. The number of nitrogens with zero attached hydrogens (tertiary/aromatic N) is 2. The average Bonchev–Trinajstić information content (AvgIpc) is 3.45.